The molecule has 1 aliphatic heterocycles. The number of fused-ring (bicyclic) bond motifs is 1. The Balaban J connectivity index is 1.89. The highest BCUT2D eigenvalue weighted by Crippen LogP contribution is 2.27. The molecule has 108 valence electrons. The third-order valence-corrected chi connectivity index (χ3v) is 4.05. The lowest BCUT2D eigenvalue weighted by molar-refractivity contribution is 0.425. The number of nitriles is 1. The first-order valence-corrected chi connectivity index (χ1v) is 7.51. The molecule has 1 aliphatic rings. The molecule has 0 fully saturated rings. The van der Waals surface area contributed by atoms with Crippen LogP contribution < -0.4 is 10.6 Å². The van der Waals surface area contributed by atoms with E-state index in [4.69, 9.17) is 11.0 Å². The van der Waals surface area contributed by atoms with Crippen LogP contribution in [0.4, 0.5) is 5.69 Å². The van der Waals surface area contributed by atoms with Crippen molar-refractivity contribution < 1.29 is 0 Å². The lowest BCUT2D eigenvalue weighted by Gasteiger charge is -2.34. The molecule has 0 radical (unpaired) electrons. The molecular formula is C17H25N3. The molecule has 2 rings (SSSR count). The van der Waals surface area contributed by atoms with Gasteiger partial charge < -0.3 is 10.6 Å². The van der Waals surface area contributed by atoms with Crippen molar-refractivity contribution in [2.24, 2.45) is 11.1 Å². The third-order valence-electron chi connectivity index (χ3n) is 4.05. The predicted octanol–water partition coefficient (Wildman–Crippen LogP) is 3.10. The summed E-state index contributed by atoms with van der Waals surface area (Å²) in [5.41, 5.74) is 8.66. The van der Waals surface area contributed by atoms with Crippen molar-refractivity contribution in [3.63, 3.8) is 0 Å². The van der Waals surface area contributed by atoms with Gasteiger partial charge in [-0.15, -0.1) is 0 Å². The highest BCUT2D eigenvalue weighted by molar-refractivity contribution is 5.56. The molecule has 1 heterocycles. The Morgan fingerprint density at radius 2 is 2.10 bits per heavy atom. The minimum absolute atomic E-state index is 0.198. The number of para-hydroxylation sites is 1. The molecule has 3 nitrogen and oxygen atoms in total. The summed E-state index contributed by atoms with van der Waals surface area (Å²) < 4.78 is 0. The molecule has 2 N–H and O–H groups in total. The van der Waals surface area contributed by atoms with Gasteiger partial charge in [-0.1, -0.05) is 24.6 Å². The van der Waals surface area contributed by atoms with E-state index in [1.165, 1.54) is 11.3 Å². The number of rotatable bonds is 5. The van der Waals surface area contributed by atoms with Crippen molar-refractivity contribution in [1.82, 2.24) is 0 Å². The summed E-state index contributed by atoms with van der Waals surface area (Å²) in [5.74, 6) is 0. The predicted molar refractivity (Wildman–Crippen MR) is 83.6 cm³/mol. The van der Waals surface area contributed by atoms with E-state index in [-0.39, 0.29) is 11.5 Å². The average Bonchev–Trinajstić information content (AvgIpc) is 2.43. The van der Waals surface area contributed by atoms with Crippen LogP contribution in [0, 0.1) is 16.7 Å². The largest absolute Gasteiger partial charge is 0.370 e. The second-order valence-electron chi connectivity index (χ2n) is 6.49. The zero-order valence-electron chi connectivity index (χ0n) is 12.6. The molecule has 3 heteroatoms. The summed E-state index contributed by atoms with van der Waals surface area (Å²) >= 11 is 0. The maximum Gasteiger partial charge on any atom is 0.0683 e. The Morgan fingerprint density at radius 1 is 1.35 bits per heavy atom. The summed E-state index contributed by atoms with van der Waals surface area (Å²) in [4.78, 5) is 2.41. The summed E-state index contributed by atoms with van der Waals surface area (Å²) in [6.07, 6.45) is 4.15. The van der Waals surface area contributed by atoms with E-state index in [1.807, 2.05) is 13.8 Å². The van der Waals surface area contributed by atoms with Crippen LogP contribution in [0.2, 0.25) is 0 Å². The standard InChI is InChI=1S/C17H25N3/c1-17(2,13-18)9-5-6-10-20-12-15(19)11-14-7-3-4-8-16(14)20/h3-4,7-8,15H,5-6,9-12,19H2,1-2H3. The first-order chi connectivity index (χ1) is 9.52. The van der Waals surface area contributed by atoms with Gasteiger partial charge in [-0.05, 0) is 44.7 Å². The van der Waals surface area contributed by atoms with Crippen LogP contribution in [-0.4, -0.2) is 19.1 Å². The van der Waals surface area contributed by atoms with Crippen LogP contribution in [0.15, 0.2) is 24.3 Å². The Bertz CT molecular complexity index is 487. The van der Waals surface area contributed by atoms with Gasteiger partial charge in [0.1, 0.15) is 0 Å². The number of hydrogen-bond acceptors (Lipinski definition) is 3. The van der Waals surface area contributed by atoms with Crippen molar-refractivity contribution >= 4 is 5.69 Å². The van der Waals surface area contributed by atoms with Crippen molar-refractivity contribution in [3.05, 3.63) is 29.8 Å². The molecule has 0 aliphatic carbocycles. The molecule has 0 bridgehead atoms. The van der Waals surface area contributed by atoms with E-state index in [1.54, 1.807) is 0 Å². The smallest absolute Gasteiger partial charge is 0.0683 e. The normalized spacial score (nSPS) is 18.5. The molecule has 1 aromatic carbocycles. The van der Waals surface area contributed by atoms with Crippen LogP contribution in [0.3, 0.4) is 0 Å². The minimum Gasteiger partial charge on any atom is -0.370 e. The average molecular weight is 271 g/mol. The molecule has 0 spiro atoms. The molecule has 0 aromatic heterocycles. The van der Waals surface area contributed by atoms with Crippen LogP contribution in [0.25, 0.3) is 0 Å². The molecule has 1 unspecified atom stereocenters. The Labute approximate surface area is 122 Å². The molecule has 0 amide bonds. The summed E-state index contributed by atoms with van der Waals surface area (Å²) in [7, 11) is 0. The SMILES string of the molecule is CC(C)(C#N)CCCCN1CC(N)Cc2ccccc21. The molecule has 1 aromatic rings. The number of benzene rings is 1. The maximum absolute atomic E-state index is 9.03. The van der Waals surface area contributed by atoms with Gasteiger partial charge >= 0.3 is 0 Å². The van der Waals surface area contributed by atoms with E-state index in [0.717, 1.165) is 38.8 Å². The Morgan fingerprint density at radius 3 is 2.85 bits per heavy atom. The number of nitrogens with zero attached hydrogens (tertiary/aromatic N) is 2. The van der Waals surface area contributed by atoms with E-state index in [0.29, 0.717) is 0 Å². The van der Waals surface area contributed by atoms with Gasteiger partial charge in [0, 0.05) is 24.8 Å². The van der Waals surface area contributed by atoms with Crippen molar-refractivity contribution in [2.75, 3.05) is 18.0 Å². The second kappa shape index (κ2) is 6.28. The summed E-state index contributed by atoms with van der Waals surface area (Å²) in [6.45, 7) is 6.00. The fourth-order valence-corrected chi connectivity index (χ4v) is 2.86. The monoisotopic (exact) mass is 271 g/mol. The lowest BCUT2D eigenvalue weighted by atomic mass is 9.89. The first kappa shape index (κ1) is 14.9. The fourth-order valence-electron chi connectivity index (χ4n) is 2.86. The zero-order chi connectivity index (χ0) is 14.6. The van der Waals surface area contributed by atoms with Gasteiger partial charge in [0.05, 0.1) is 11.5 Å². The van der Waals surface area contributed by atoms with Crippen LogP contribution in [0.5, 0.6) is 0 Å². The van der Waals surface area contributed by atoms with Gasteiger partial charge in [0.25, 0.3) is 0 Å². The van der Waals surface area contributed by atoms with Gasteiger partial charge in [-0.2, -0.15) is 5.26 Å². The Kier molecular flexibility index (Phi) is 4.67. The van der Waals surface area contributed by atoms with Crippen molar-refractivity contribution in [3.8, 4) is 6.07 Å². The van der Waals surface area contributed by atoms with E-state index in [2.05, 4.69) is 35.2 Å². The van der Waals surface area contributed by atoms with Gasteiger partial charge in [0.15, 0.2) is 0 Å². The van der Waals surface area contributed by atoms with Crippen LogP contribution in [-0.2, 0) is 6.42 Å². The summed E-state index contributed by atoms with van der Waals surface area (Å²) in [6, 6.07) is 11.2. The van der Waals surface area contributed by atoms with Crippen molar-refractivity contribution in [2.45, 2.75) is 45.6 Å². The number of unbranched alkanes of at least 4 members (excludes halogenated alkanes) is 1. The molecule has 0 saturated heterocycles. The van der Waals surface area contributed by atoms with Crippen LogP contribution in [0.1, 0.15) is 38.7 Å². The highest BCUT2D eigenvalue weighted by atomic mass is 15.1. The molecule has 0 saturated carbocycles. The van der Waals surface area contributed by atoms with Crippen molar-refractivity contribution in [1.29, 1.82) is 5.26 Å². The van der Waals surface area contributed by atoms with Gasteiger partial charge in [0.2, 0.25) is 0 Å². The fraction of sp³-hybridized carbons (Fsp3) is 0.588. The van der Waals surface area contributed by atoms with E-state index < -0.39 is 0 Å². The minimum atomic E-state index is -0.198. The highest BCUT2D eigenvalue weighted by Gasteiger charge is 2.21. The summed E-state index contributed by atoms with van der Waals surface area (Å²) in [5, 5.41) is 9.03. The van der Waals surface area contributed by atoms with Crippen LogP contribution >= 0.6 is 0 Å². The van der Waals surface area contributed by atoms with Gasteiger partial charge in [-0.25, -0.2) is 0 Å². The maximum atomic E-state index is 9.03. The quantitative estimate of drug-likeness (QED) is 0.837. The molecule has 1 atom stereocenters. The third kappa shape index (κ3) is 3.74. The number of nitrogens with two attached hydrogens (primary N) is 1. The first-order valence-electron chi connectivity index (χ1n) is 7.51. The number of anilines is 1. The lowest BCUT2D eigenvalue weighted by Crippen LogP contribution is -2.43. The topological polar surface area (TPSA) is 53.0 Å². The molecule has 20 heavy (non-hydrogen) atoms. The van der Waals surface area contributed by atoms with E-state index >= 15 is 0 Å². The number of hydrogen-bond donors (Lipinski definition) is 1. The molecular weight excluding hydrogens is 246 g/mol. The van der Waals surface area contributed by atoms with E-state index in [9.17, 15) is 0 Å². The second-order valence-corrected chi connectivity index (χ2v) is 6.49. The Hall–Kier alpha value is -1.53. The zero-order valence-corrected chi connectivity index (χ0v) is 12.6. The van der Waals surface area contributed by atoms with Gasteiger partial charge in [-0.3, -0.25) is 0 Å².